The lowest BCUT2D eigenvalue weighted by atomic mass is 10.1. The highest BCUT2D eigenvalue weighted by Crippen LogP contribution is 2.31. The van der Waals surface area contributed by atoms with E-state index in [1.807, 2.05) is 30.3 Å². The minimum absolute atomic E-state index is 0.554. The molecule has 4 aromatic rings. The number of fused-ring (bicyclic) bond motifs is 1. The summed E-state index contributed by atoms with van der Waals surface area (Å²) >= 11 is 0. The largest absolute Gasteiger partial charge is 0.350 e. The van der Waals surface area contributed by atoms with E-state index in [1.54, 1.807) is 0 Å². The molecule has 0 amide bonds. The predicted molar refractivity (Wildman–Crippen MR) is 99.0 cm³/mol. The number of rotatable bonds is 3. The Morgan fingerprint density at radius 1 is 0.880 bits per heavy atom. The fourth-order valence-corrected chi connectivity index (χ4v) is 2.83. The summed E-state index contributed by atoms with van der Waals surface area (Å²) in [5.74, 6) is 0.614. The van der Waals surface area contributed by atoms with Gasteiger partial charge in [0, 0.05) is 11.3 Å². The van der Waals surface area contributed by atoms with Crippen LogP contribution in [0.15, 0.2) is 53.3 Å². The summed E-state index contributed by atoms with van der Waals surface area (Å²) in [7, 11) is 0. The summed E-state index contributed by atoms with van der Waals surface area (Å²) in [6.45, 7) is 6.19. The summed E-state index contributed by atoms with van der Waals surface area (Å²) in [5, 5.41) is 7.55. The summed E-state index contributed by atoms with van der Waals surface area (Å²) < 4.78 is 5.56. The quantitative estimate of drug-likeness (QED) is 0.575. The van der Waals surface area contributed by atoms with Crippen LogP contribution < -0.4 is 5.32 Å². The van der Waals surface area contributed by atoms with Crippen molar-refractivity contribution in [2.45, 2.75) is 20.8 Å². The minimum atomic E-state index is 0.554. The van der Waals surface area contributed by atoms with Gasteiger partial charge in [0.05, 0.1) is 0 Å². The van der Waals surface area contributed by atoms with Crippen molar-refractivity contribution in [3.8, 4) is 11.3 Å². The first-order valence-electron chi connectivity index (χ1n) is 8.13. The van der Waals surface area contributed by atoms with Crippen LogP contribution >= 0.6 is 0 Å². The summed E-state index contributed by atoms with van der Waals surface area (Å²) in [6, 6.07) is 14.4. The third-order valence-electron chi connectivity index (χ3n) is 4.22. The second-order valence-corrected chi connectivity index (χ2v) is 6.24. The van der Waals surface area contributed by atoms with Gasteiger partial charge in [0.2, 0.25) is 5.58 Å². The molecule has 0 aliphatic carbocycles. The first kappa shape index (κ1) is 15.3. The maximum absolute atomic E-state index is 5.56. The van der Waals surface area contributed by atoms with Crippen molar-refractivity contribution in [1.29, 1.82) is 0 Å². The number of aryl methyl sites for hydroxylation is 3. The highest BCUT2D eigenvalue weighted by Gasteiger charge is 2.16. The lowest BCUT2D eigenvalue weighted by molar-refractivity contribution is 0.459. The first-order valence-corrected chi connectivity index (χ1v) is 8.13. The SMILES string of the molecule is Cc1ccc(-c2noc3c(Nc4ccc(C)cc4C)ncnc23)cc1. The number of hydrogen-bond donors (Lipinski definition) is 1. The molecular formula is C20H18N4O. The summed E-state index contributed by atoms with van der Waals surface area (Å²) in [4.78, 5) is 8.70. The van der Waals surface area contributed by atoms with Crippen LogP contribution in [0.4, 0.5) is 11.5 Å². The molecule has 0 radical (unpaired) electrons. The molecule has 0 aliphatic rings. The van der Waals surface area contributed by atoms with Crippen LogP contribution in [0, 0.1) is 20.8 Å². The third kappa shape index (κ3) is 2.85. The lowest BCUT2D eigenvalue weighted by Crippen LogP contribution is -1.97. The molecule has 0 aliphatic heterocycles. The number of anilines is 2. The molecule has 124 valence electrons. The molecule has 2 aromatic heterocycles. The van der Waals surface area contributed by atoms with Crippen LogP contribution in [-0.4, -0.2) is 15.1 Å². The average molecular weight is 330 g/mol. The number of nitrogens with one attached hydrogen (secondary N) is 1. The Balaban J connectivity index is 1.77. The number of benzene rings is 2. The monoisotopic (exact) mass is 330 g/mol. The van der Waals surface area contributed by atoms with Gasteiger partial charge in [0.15, 0.2) is 5.82 Å². The van der Waals surface area contributed by atoms with E-state index in [0.717, 1.165) is 22.5 Å². The number of aromatic nitrogens is 3. The van der Waals surface area contributed by atoms with Gasteiger partial charge in [-0.1, -0.05) is 52.7 Å². The maximum Gasteiger partial charge on any atom is 0.228 e. The smallest absolute Gasteiger partial charge is 0.228 e. The predicted octanol–water partition coefficient (Wildman–Crippen LogP) is 4.95. The van der Waals surface area contributed by atoms with Gasteiger partial charge < -0.3 is 9.84 Å². The molecule has 0 saturated carbocycles. The minimum Gasteiger partial charge on any atom is -0.350 e. The zero-order chi connectivity index (χ0) is 17.4. The van der Waals surface area contributed by atoms with E-state index in [1.165, 1.54) is 17.5 Å². The average Bonchev–Trinajstić information content (AvgIpc) is 3.03. The molecule has 5 heteroatoms. The van der Waals surface area contributed by atoms with Gasteiger partial charge in [-0.05, 0) is 32.4 Å². The third-order valence-corrected chi connectivity index (χ3v) is 4.22. The van der Waals surface area contributed by atoms with Gasteiger partial charge in [0.1, 0.15) is 17.5 Å². The Labute approximate surface area is 145 Å². The zero-order valence-electron chi connectivity index (χ0n) is 14.4. The van der Waals surface area contributed by atoms with E-state index in [0.29, 0.717) is 16.9 Å². The number of hydrogen-bond acceptors (Lipinski definition) is 5. The topological polar surface area (TPSA) is 63.8 Å². The molecule has 0 spiro atoms. The maximum atomic E-state index is 5.56. The van der Waals surface area contributed by atoms with E-state index in [-0.39, 0.29) is 0 Å². The van der Waals surface area contributed by atoms with Gasteiger partial charge in [-0.3, -0.25) is 0 Å². The van der Waals surface area contributed by atoms with E-state index in [4.69, 9.17) is 4.52 Å². The van der Waals surface area contributed by atoms with Crippen molar-refractivity contribution in [2.24, 2.45) is 0 Å². The van der Waals surface area contributed by atoms with E-state index in [2.05, 4.69) is 53.3 Å². The molecule has 0 atom stereocenters. The van der Waals surface area contributed by atoms with Gasteiger partial charge >= 0.3 is 0 Å². The Morgan fingerprint density at radius 3 is 2.40 bits per heavy atom. The molecule has 4 rings (SSSR count). The lowest BCUT2D eigenvalue weighted by Gasteiger charge is -2.09. The zero-order valence-corrected chi connectivity index (χ0v) is 14.4. The molecule has 2 heterocycles. The van der Waals surface area contributed by atoms with E-state index in [9.17, 15) is 0 Å². The van der Waals surface area contributed by atoms with Crippen molar-refractivity contribution in [2.75, 3.05) is 5.32 Å². The van der Waals surface area contributed by atoms with Gasteiger partial charge in [-0.2, -0.15) is 0 Å². The molecular weight excluding hydrogens is 312 g/mol. The van der Waals surface area contributed by atoms with Gasteiger partial charge in [-0.25, -0.2) is 9.97 Å². The molecule has 25 heavy (non-hydrogen) atoms. The van der Waals surface area contributed by atoms with Crippen LogP contribution in [0.3, 0.4) is 0 Å². The molecule has 2 aromatic carbocycles. The van der Waals surface area contributed by atoms with E-state index < -0.39 is 0 Å². The Morgan fingerprint density at radius 2 is 1.64 bits per heavy atom. The molecule has 0 bridgehead atoms. The summed E-state index contributed by atoms with van der Waals surface area (Å²) in [5.41, 5.74) is 7.50. The van der Waals surface area contributed by atoms with Crippen LogP contribution in [-0.2, 0) is 0 Å². The second-order valence-electron chi connectivity index (χ2n) is 6.24. The van der Waals surface area contributed by atoms with Gasteiger partial charge in [0.25, 0.3) is 0 Å². The molecule has 0 saturated heterocycles. The summed E-state index contributed by atoms with van der Waals surface area (Å²) in [6.07, 6.45) is 1.53. The first-order chi connectivity index (χ1) is 12.1. The standard InChI is InChI=1S/C20H18N4O/c1-12-4-7-15(8-5-12)17-18-19(25-24-17)20(22-11-21-18)23-16-9-6-13(2)10-14(16)3/h4-11H,1-3H3,(H,21,22,23). The Hall–Kier alpha value is -3.21. The molecule has 1 N–H and O–H groups in total. The van der Waals surface area contributed by atoms with Crippen LogP contribution in [0.25, 0.3) is 22.4 Å². The van der Waals surface area contributed by atoms with Crippen LogP contribution in [0.2, 0.25) is 0 Å². The van der Waals surface area contributed by atoms with Crippen molar-refractivity contribution in [1.82, 2.24) is 15.1 Å². The van der Waals surface area contributed by atoms with Crippen molar-refractivity contribution < 1.29 is 4.52 Å². The van der Waals surface area contributed by atoms with Gasteiger partial charge in [-0.15, -0.1) is 0 Å². The molecule has 0 unspecified atom stereocenters. The highest BCUT2D eigenvalue weighted by atomic mass is 16.5. The van der Waals surface area contributed by atoms with Crippen molar-refractivity contribution in [3.63, 3.8) is 0 Å². The normalized spacial score (nSPS) is 11.0. The highest BCUT2D eigenvalue weighted by molar-refractivity contribution is 5.94. The van der Waals surface area contributed by atoms with Crippen LogP contribution in [0.1, 0.15) is 16.7 Å². The fourth-order valence-electron chi connectivity index (χ4n) is 2.83. The van der Waals surface area contributed by atoms with Crippen molar-refractivity contribution >= 4 is 22.6 Å². The fraction of sp³-hybridized carbons (Fsp3) is 0.150. The van der Waals surface area contributed by atoms with Crippen molar-refractivity contribution in [3.05, 3.63) is 65.5 Å². The molecule has 5 nitrogen and oxygen atoms in total. The van der Waals surface area contributed by atoms with E-state index >= 15 is 0 Å². The number of nitrogens with zero attached hydrogens (tertiary/aromatic N) is 3. The Kier molecular flexibility index (Phi) is 3.69. The second kappa shape index (κ2) is 6.02. The Bertz CT molecular complexity index is 1050. The van der Waals surface area contributed by atoms with Crippen LogP contribution in [0.5, 0.6) is 0 Å². The molecule has 0 fully saturated rings.